The fraction of sp³-hybridized carbons (Fsp3) is 0.500. The number of hydrogen-bond donors (Lipinski definition) is 1. The Morgan fingerprint density at radius 3 is 2.55 bits per heavy atom. The summed E-state index contributed by atoms with van der Waals surface area (Å²) in [6.45, 7) is 9.29. The van der Waals surface area contributed by atoms with Crippen LogP contribution in [0.5, 0.6) is 11.5 Å². The van der Waals surface area contributed by atoms with Crippen LogP contribution in [-0.4, -0.2) is 73.2 Å². The molecule has 0 unspecified atom stereocenters. The lowest BCUT2D eigenvalue weighted by molar-refractivity contribution is 0.258. The molecule has 1 aromatic carbocycles. The van der Waals surface area contributed by atoms with Crippen LogP contribution in [0.15, 0.2) is 36.5 Å². The number of methoxy groups -OCH3 is 2. The van der Waals surface area contributed by atoms with E-state index in [0.29, 0.717) is 0 Å². The van der Waals surface area contributed by atoms with E-state index >= 15 is 0 Å². The van der Waals surface area contributed by atoms with Gasteiger partial charge in [0.25, 0.3) is 0 Å². The number of piperazine rings is 1. The zero-order chi connectivity index (χ0) is 23.0. The minimum atomic E-state index is 0.756. The molecule has 9 heteroatoms. The molecule has 1 aliphatic rings. The fourth-order valence-corrected chi connectivity index (χ4v) is 5.06. The number of hydrogen-bond acceptors (Lipinski definition) is 8. The van der Waals surface area contributed by atoms with Crippen LogP contribution in [0.2, 0.25) is 0 Å². The molecule has 1 fully saturated rings. The van der Waals surface area contributed by atoms with Crippen LogP contribution in [0.1, 0.15) is 24.6 Å². The average molecular weight is 471 g/mol. The predicted molar refractivity (Wildman–Crippen MR) is 133 cm³/mol. The van der Waals surface area contributed by atoms with Crippen molar-refractivity contribution in [2.75, 3.05) is 58.4 Å². The second kappa shape index (κ2) is 11.5. The van der Waals surface area contributed by atoms with Crippen molar-refractivity contribution in [2.45, 2.75) is 26.3 Å². The number of nitrogens with one attached hydrogen (secondary N) is 1. The SMILES string of the molecule is CCCN1CCN(c2nnc(-n3cccc3CNCCc3ccc(OC)c(OC)c3)s2)CC1. The van der Waals surface area contributed by atoms with Crippen molar-refractivity contribution in [3.05, 3.63) is 47.8 Å². The minimum Gasteiger partial charge on any atom is -0.493 e. The normalized spacial score (nSPS) is 14.6. The molecule has 1 N–H and O–H groups in total. The highest BCUT2D eigenvalue weighted by molar-refractivity contribution is 7.17. The summed E-state index contributed by atoms with van der Waals surface area (Å²) in [4.78, 5) is 4.88. The van der Waals surface area contributed by atoms with Crippen molar-refractivity contribution in [1.82, 2.24) is 25.0 Å². The van der Waals surface area contributed by atoms with Gasteiger partial charge in [-0.1, -0.05) is 24.3 Å². The zero-order valence-corrected chi connectivity index (χ0v) is 20.6. The van der Waals surface area contributed by atoms with E-state index in [4.69, 9.17) is 9.47 Å². The summed E-state index contributed by atoms with van der Waals surface area (Å²) in [5, 5.41) is 14.5. The van der Waals surface area contributed by atoms with E-state index in [1.165, 1.54) is 24.2 Å². The maximum atomic E-state index is 5.40. The molecule has 1 saturated heterocycles. The van der Waals surface area contributed by atoms with Crippen LogP contribution in [0.25, 0.3) is 5.13 Å². The van der Waals surface area contributed by atoms with Gasteiger partial charge in [0.05, 0.1) is 14.2 Å². The molecule has 0 saturated carbocycles. The van der Waals surface area contributed by atoms with Gasteiger partial charge in [0.15, 0.2) is 11.5 Å². The van der Waals surface area contributed by atoms with Crippen molar-refractivity contribution in [2.24, 2.45) is 0 Å². The first-order valence-corrected chi connectivity index (χ1v) is 12.4. The van der Waals surface area contributed by atoms with Crippen LogP contribution < -0.4 is 19.7 Å². The summed E-state index contributed by atoms with van der Waals surface area (Å²) in [5.41, 5.74) is 2.39. The Balaban J connectivity index is 1.30. The van der Waals surface area contributed by atoms with Crippen LogP contribution in [0, 0.1) is 0 Å². The molecule has 8 nitrogen and oxygen atoms in total. The van der Waals surface area contributed by atoms with Crippen LogP contribution in [0.3, 0.4) is 0 Å². The van der Waals surface area contributed by atoms with Gasteiger partial charge in [-0.15, -0.1) is 10.2 Å². The summed E-state index contributed by atoms with van der Waals surface area (Å²) in [7, 11) is 3.32. The molecule has 0 aliphatic carbocycles. The van der Waals surface area contributed by atoms with E-state index in [9.17, 15) is 0 Å². The quantitative estimate of drug-likeness (QED) is 0.432. The maximum Gasteiger partial charge on any atom is 0.218 e. The van der Waals surface area contributed by atoms with Gasteiger partial charge >= 0.3 is 0 Å². The Morgan fingerprint density at radius 2 is 1.79 bits per heavy atom. The van der Waals surface area contributed by atoms with Gasteiger partial charge in [0, 0.05) is 44.6 Å². The lowest BCUT2D eigenvalue weighted by atomic mass is 10.1. The summed E-state index contributed by atoms with van der Waals surface area (Å²) in [6, 6.07) is 10.3. The molecular weight excluding hydrogens is 436 g/mol. The van der Waals surface area contributed by atoms with E-state index in [-0.39, 0.29) is 0 Å². The van der Waals surface area contributed by atoms with Gasteiger partial charge in [-0.3, -0.25) is 9.47 Å². The molecule has 0 radical (unpaired) electrons. The fourth-order valence-electron chi connectivity index (χ4n) is 4.14. The van der Waals surface area contributed by atoms with E-state index in [1.807, 2.05) is 12.1 Å². The Morgan fingerprint density at radius 1 is 1.00 bits per heavy atom. The summed E-state index contributed by atoms with van der Waals surface area (Å²) in [5.74, 6) is 1.52. The van der Waals surface area contributed by atoms with E-state index in [1.54, 1.807) is 25.6 Å². The molecule has 0 amide bonds. The van der Waals surface area contributed by atoms with Gasteiger partial charge in [0.1, 0.15) is 0 Å². The molecule has 0 spiro atoms. The van der Waals surface area contributed by atoms with Crippen molar-refractivity contribution in [3.8, 4) is 16.6 Å². The number of nitrogens with zero attached hydrogens (tertiary/aromatic N) is 5. The first-order valence-electron chi connectivity index (χ1n) is 11.6. The first-order chi connectivity index (χ1) is 16.2. The molecule has 0 atom stereocenters. The summed E-state index contributed by atoms with van der Waals surface area (Å²) >= 11 is 1.66. The van der Waals surface area contributed by atoms with Crippen LogP contribution in [0.4, 0.5) is 5.13 Å². The highest BCUT2D eigenvalue weighted by Gasteiger charge is 2.20. The van der Waals surface area contributed by atoms with Crippen molar-refractivity contribution < 1.29 is 9.47 Å². The van der Waals surface area contributed by atoms with Gasteiger partial charge in [-0.05, 0) is 55.8 Å². The average Bonchev–Trinajstić information content (AvgIpc) is 3.52. The third kappa shape index (κ3) is 5.85. The number of anilines is 1. The van der Waals surface area contributed by atoms with Crippen molar-refractivity contribution in [3.63, 3.8) is 0 Å². The van der Waals surface area contributed by atoms with Crippen LogP contribution in [-0.2, 0) is 13.0 Å². The van der Waals surface area contributed by atoms with Gasteiger partial charge in [-0.2, -0.15) is 0 Å². The van der Waals surface area contributed by atoms with Crippen molar-refractivity contribution in [1.29, 1.82) is 0 Å². The molecule has 3 heterocycles. The Labute approximate surface area is 200 Å². The number of aromatic nitrogens is 3. The van der Waals surface area contributed by atoms with E-state index in [0.717, 1.165) is 67.5 Å². The highest BCUT2D eigenvalue weighted by Crippen LogP contribution is 2.28. The largest absolute Gasteiger partial charge is 0.493 e. The Kier molecular flexibility index (Phi) is 8.20. The molecule has 178 valence electrons. The summed E-state index contributed by atoms with van der Waals surface area (Å²) in [6.07, 6.45) is 4.19. The lowest BCUT2D eigenvalue weighted by Crippen LogP contribution is -2.46. The van der Waals surface area contributed by atoms with Crippen molar-refractivity contribution >= 4 is 16.5 Å². The molecule has 1 aliphatic heterocycles. The number of rotatable bonds is 11. The smallest absolute Gasteiger partial charge is 0.218 e. The lowest BCUT2D eigenvalue weighted by Gasteiger charge is -2.33. The molecule has 0 bridgehead atoms. The highest BCUT2D eigenvalue weighted by atomic mass is 32.1. The van der Waals surface area contributed by atoms with Gasteiger partial charge in [0.2, 0.25) is 10.3 Å². The monoisotopic (exact) mass is 470 g/mol. The Bertz CT molecular complexity index is 1010. The molecular formula is C24H34N6O2S. The molecule has 4 rings (SSSR count). The molecule has 33 heavy (non-hydrogen) atoms. The number of ether oxygens (including phenoxy) is 2. The van der Waals surface area contributed by atoms with Crippen LogP contribution >= 0.6 is 11.3 Å². The topological polar surface area (TPSA) is 67.7 Å². The Hall–Kier alpha value is -2.62. The second-order valence-corrected chi connectivity index (χ2v) is 9.12. The first kappa shape index (κ1) is 23.5. The zero-order valence-electron chi connectivity index (χ0n) is 19.8. The third-order valence-corrected chi connectivity index (χ3v) is 6.95. The molecule has 2 aromatic heterocycles. The number of benzene rings is 1. The maximum absolute atomic E-state index is 5.40. The second-order valence-electron chi connectivity index (χ2n) is 8.18. The molecule has 3 aromatic rings. The van der Waals surface area contributed by atoms with Gasteiger partial charge < -0.3 is 19.7 Å². The predicted octanol–water partition coefficient (Wildman–Crippen LogP) is 3.21. The van der Waals surface area contributed by atoms with Gasteiger partial charge in [-0.25, -0.2) is 0 Å². The summed E-state index contributed by atoms with van der Waals surface area (Å²) < 4.78 is 12.9. The third-order valence-electron chi connectivity index (χ3n) is 5.97. The van der Waals surface area contributed by atoms with E-state index < -0.39 is 0 Å². The van der Waals surface area contributed by atoms with E-state index in [2.05, 4.69) is 61.2 Å². The minimum absolute atomic E-state index is 0.756. The standard InChI is InChI=1S/C24H34N6O2S/c1-4-11-28-13-15-29(16-14-28)23-26-27-24(33-23)30-12-5-6-20(30)18-25-10-9-19-7-8-21(31-2)22(17-19)32-3/h5-8,12,17,25H,4,9-11,13-16,18H2,1-3H3.